The van der Waals surface area contributed by atoms with Gasteiger partial charge in [0.2, 0.25) is 11.7 Å². The first kappa shape index (κ1) is 19.7. The number of hydrogen-bond acceptors (Lipinski definition) is 7. The van der Waals surface area contributed by atoms with E-state index in [4.69, 9.17) is 4.52 Å². The van der Waals surface area contributed by atoms with Crippen molar-refractivity contribution >= 4 is 11.6 Å². The predicted molar refractivity (Wildman–Crippen MR) is 116 cm³/mol. The number of anilines is 1. The van der Waals surface area contributed by atoms with Crippen LogP contribution in [0.25, 0.3) is 11.4 Å². The van der Waals surface area contributed by atoms with Gasteiger partial charge < -0.3 is 14.3 Å². The zero-order valence-corrected chi connectivity index (χ0v) is 17.9. The van der Waals surface area contributed by atoms with E-state index in [1.54, 1.807) is 12.5 Å². The van der Waals surface area contributed by atoms with E-state index in [-0.39, 0.29) is 11.8 Å². The van der Waals surface area contributed by atoms with E-state index < -0.39 is 0 Å². The molecule has 5 rings (SSSR count). The van der Waals surface area contributed by atoms with Crippen molar-refractivity contribution in [3.63, 3.8) is 0 Å². The molecule has 1 amide bonds. The summed E-state index contributed by atoms with van der Waals surface area (Å²) in [6.45, 7) is 4.36. The van der Waals surface area contributed by atoms with Gasteiger partial charge in [0.15, 0.2) is 0 Å². The van der Waals surface area contributed by atoms with Crippen LogP contribution >= 0.6 is 0 Å². The quantitative estimate of drug-likeness (QED) is 0.643. The summed E-state index contributed by atoms with van der Waals surface area (Å²) >= 11 is 0. The number of aromatic nitrogens is 4. The minimum Gasteiger partial charge on any atom is -0.374 e. The molecule has 31 heavy (non-hydrogen) atoms. The second kappa shape index (κ2) is 8.09. The Kier molecular flexibility index (Phi) is 5.13. The molecule has 2 aliphatic heterocycles. The molecule has 3 aromatic rings. The molecule has 0 aliphatic carbocycles. The van der Waals surface area contributed by atoms with Crippen molar-refractivity contribution in [2.45, 2.75) is 38.5 Å². The van der Waals surface area contributed by atoms with Crippen molar-refractivity contribution in [1.29, 1.82) is 0 Å². The zero-order valence-electron chi connectivity index (χ0n) is 17.9. The van der Waals surface area contributed by atoms with Gasteiger partial charge in [-0.25, -0.2) is 9.97 Å². The second-order valence-corrected chi connectivity index (χ2v) is 8.29. The Labute approximate surface area is 181 Å². The third-order valence-corrected chi connectivity index (χ3v) is 6.29. The van der Waals surface area contributed by atoms with Crippen LogP contribution in [0.5, 0.6) is 0 Å². The molecule has 4 heterocycles. The van der Waals surface area contributed by atoms with Gasteiger partial charge in [-0.3, -0.25) is 4.79 Å². The molecule has 2 aliphatic rings. The van der Waals surface area contributed by atoms with Crippen LogP contribution in [0.2, 0.25) is 0 Å². The molecule has 1 aromatic carbocycles. The molecule has 8 nitrogen and oxygen atoms in total. The Morgan fingerprint density at radius 1 is 1.29 bits per heavy atom. The number of carbonyl (C=O) groups is 1. The van der Waals surface area contributed by atoms with E-state index in [0.29, 0.717) is 31.2 Å². The van der Waals surface area contributed by atoms with Gasteiger partial charge in [0.25, 0.3) is 5.91 Å². The molecule has 0 radical (unpaired) electrons. The van der Waals surface area contributed by atoms with E-state index in [1.807, 2.05) is 17.9 Å². The first-order chi connectivity index (χ1) is 15.1. The lowest BCUT2D eigenvalue weighted by Gasteiger charge is -2.28. The number of rotatable bonds is 4. The standard InChI is InChI=1S/C23H26N6O2/c1-3-20-26-22(27-31-20)18-12-24-14-25-21(18)17-8-10-29(13-17)23(30)16-6-7-19-15(11-16)5-4-9-28(19)2/h6-7,11-12,14,17H,3-5,8-10,13H2,1-2H3/t17-/m1/s1. The summed E-state index contributed by atoms with van der Waals surface area (Å²) in [6, 6.07) is 6.11. The first-order valence-corrected chi connectivity index (χ1v) is 10.9. The van der Waals surface area contributed by atoms with Crippen molar-refractivity contribution < 1.29 is 9.32 Å². The van der Waals surface area contributed by atoms with Crippen molar-refractivity contribution in [3.8, 4) is 11.4 Å². The third kappa shape index (κ3) is 3.66. The predicted octanol–water partition coefficient (Wildman–Crippen LogP) is 3.10. The summed E-state index contributed by atoms with van der Waals surface area (Å²) < 4.78 is 5.27. The lowest BCUT2D eigenvalue weighted by molar-refractivity contribution is 0.0790. The molecular formula is C23H26N6O2. The molecule has 1 saturated heterocycles. The van der Waals surface area contributed by atoms with Crippen LogP contribution in [0.4, 0.5) is 5.69 Å². The molecule has 0 saturated carbocycles. The van der Waals surface area contributed by atoms with Gasteiger partial charge in [0.05, 0.1) is 11.3 Å². The monoisotopic (exact) mass is 418 g/mol. The van der Waals surface area contributed by atoms with Crippen LogP contribution in [-0.2, 0) is 12.8 Å². The van der Waals surface area contributed by atoms with Crippen LogP contribution in [0.3, 0.4) is 0 Å². The number of nitrogens with zero attached hydrogens (tertiary/aromatic N) is 6. The largest absolute Gasteiger partial charge is 0.374 e. The number of fused-ring (bicyclic) bond motifs is 1. The highest BCUT2D eigenvalue weighted by Crippen LogP contribution is 2.33. The van der Waals surface area contributed by atoms with Crippen molar-refractivity contribution in [3.05, 3.63) is 53.4 Å². The maximum Gasteiger partial charge on any atom is 0.253 e. The minimum atomic E-state index is 0.0852. The number of carbonyl (C=O) groups excluding carboxylic acids is 1. The lowest BCUT2D eigenvalue weighted by atomic mass is 9.99. The van der Waals surface area contributed by atoms with Gasteiger partial charge in [-0.05, 0) is 43.0 Å². The van der Waals surface area contributed by atoms with Gasteiger partial charge in [-0.1, -0.05) is 12.1 Å². The number of aryl methyl sites for hydroxylation is 2. The molecule has 160 valence electrons. The molecule has 0 N–H and O–H groups in total. The topological polar surface area (TPSA) is 88.3 Å². The fraction of sp³-hybridized carbons (Fsp3) is 0.435. The minimum absolute atomic E-state index is 0.0852. The first-order valence-electron chi connectivity index (χ1n) is 10.9. The Balaban J connectivity index is 1.36. The average Bonchev–Trinajstić information content (AvgIpc) is 3.48. The number of hydrogen-bond donors (Lipinski definition) is 0. The van der Waals surface area contributed by atoms with Gasteiger partial charge >= 0.3 is 0 Å². The van der Waals surface area contributed by atoms with Crippen LogP contribution in [0.15, 0.2) is 35.2 Å². The number of amides is 1. The summed E-state index contributed by atoms with van der Waals surface area (Å²) in [5.41, 5.74) is 4.92. The van der Waals surface area contributed by atoms with Crippen molar-refractivity contribution in [2.75, 3.05) is 31.6 Å². The van der Waals surface area contributed by atoms with Crippen LogP contribution < -0.4 is 4.90 Å². The fourth-order valence-electron chi connectivity index (χ4n) is 4.61. The smallest absolute Gasteiger partial charge is 0.253 e. The maximum atomic E-state index is 13.2. The van der Waals surface area contributed by atoms with E-state index in [1.165, 1.54) is 11.3 Å². The van der Waals surface area contributed by atoms with Crippen molar-refractivity contribution in [2.24, 2.45) is 0 Å². The maximum absolute atomic E-state index is 13.2. The summed E-state index contributed by atoms with van der Waals surface area (Å²) in [4.78, 5) is 30.5. The normalized spacial score (nSPS) is 18.3. The Bertz CT molecular complexity index is 1110. The summed E-state index contributed by atoms with van der Waals surface area (Å²) in [5.74, 6) is 1.30. The second-order valence-electron chi connectivity index (χ2n) is 8.29. The highest BCUT2D eigenvalue weighted by Gasteiger charge is 2.31. The van der Waals surface area contributed by atoms with Crippen molar-refractivity contribution in [1.82, 2.24) is 25.0 Å². The van der Waals surface area contributed by atoms with Gasteiger partial charge in [-0.2, -0.15) is 4.98 Å². The van der Waals surface area contributed by atoms with Crippen LogP contribution in [-0.4, -0.2) is 57.6 Å². The van der Waals surface area contributed by atoms with E-state index in [9.17, 15) is 4.79 Å². The average molecular weight is 419 g/mol. The Morgan fingerprint density at radius 2 is 2.19 bits per heavy atom. The molecule has 1 atom stereocenters. The number of likely N-dealkylation sites (tertiary alicyclic amines) is 1. The number of benzene rings is 1. The SMILES string of the molecule is CCc1nc(-c2cncnc2[C@@H]2CCN(C(=O)c3ccc4c(c3)CCCN4C)C2)no1. The molecule has 2 aromatic heterocycles. The fourth-order valence-corrected chi connectivity index (χ4v) is 4.61. The van der Waals surface area contributed by atoms with E-state index in [2.05, 4.69) is 44.2 Å². The summed E-state index contributed by atoms with van der Waals surface area (Å²) in [7, 11) is 2.11. The van der Waals surface area contributed by atoms with E-state index >= 15 is 0 Å². The molecule has 0 unspecified atom stereocenters. The molecule has 1 fully saturated rings. The van der Waals surface area contributed by atoms with Gasteiger partial charge in [-0.15, -0.1) is 0 Å². The van der Waals surface area contributed by atoms with Gasteiger partial charge in [0.1, 0.15) is 6.33 Å². The highest BCUT2D eigenvalue weighted by molar-refractivity contribution is 5.95. The molecular weight excluding hydrogens is 392 g/mol. The van der Waals surface area contributed by atoms with Crippen LogP contribution in [0, 0.1) is 0 Å². The molecule has 8 heteroatoms. The van der Waals surface area contributed by atoms with E-state index in [0.717, 1.165) is 42.6 Å². The summed E-state index contributed by atoms with van der Waals surface area (Å²) in [5, 5.41) is 4.09. The van der Waals surface area contributed by atoms with Crippen LogP contribution in [0.1, 0.15) is 53.2 Å². The Morgan fingerprint density at radius 3 is 3.03 bits per heavy atom. The molecule has 0 bridgehead atoms. The van der Waals surface area contributed by atoms with Gasteiger partial charge in [0, 0.05) is 56.5 Å². The lowest BCUT2D eigenvalue weighted by Crippen LogP contribution is -2.29. The highest BCUT2D eigenvalue weighted by atomic mass is 16.5. The Hall–Kier alpha value is -3.29. The summed E-state index contributed by atoms with van der Waals surface area (Å²) in [6.07, 6.45) is 6.96. The third-order valence-electron chi connectivity index (χ3n) is 6.29. The molecule has 0 spiro atoms. The zero-order chi connectivity index (χ0) is 21.4.